The lowest BCUT2D eigenvalue weighted by atomic mass is 10.2. The molecule has 11 heteroatoms. The van der Waals surface area contributed by atoms with E-state index in [1.165, 1.54) is 4.57 Å². The highest BCUT2D eigenvalue weighted by atomic mass is 35.5. The van der Waals surface area contributed by atoms with Gasteiger partial charge in [0.25, 0.3) is 11.4 Å². The lowest BCUT2D eigenvalue weighted by Crippen LogP contribution is -2.38. The van der Waals surface area contributed by atoms with Gasteiger partial charge in [-0.2, -0.15) is 10.1 Å². The van der Waals surface area contributed by atoms with Crippen LogP contribution >= 0.6 is 11.6 Å². The molecular weight excluding hydrogens is 470 g/mol. The van der Waals surface area contributed by atoms with Crippen LogP contribution in [0, 0.1) is 6.92 Å². The second-order valence-electron chi connectivity index (χ2n) is 7.44. The van der Waals surface area contributed by atoms with Crippen LogP contribution in [0.4, 0.5) is 5.69 Å². The van der Waals surface area contributed by atoms with Gasteiger partial charge in [0.05, 0.1) is 12.2 Å². The van der Waals surface area contributed by atoms with E-state index in [1.54, 1.807) is 55.6 Å². The lowest BCUT2D eigenvalue weighted by molar-refractivity contribution is 0.422. The zero-order valence-corrected chi connectivity index (χ0v) is 19.2. The third-order valence-corrected chi connectivity index (χ3v) is 5.14. The molecule has 0 aliphatic carbocycles. The normalized spacial score (nSPS) is 11.5. The molecule has 0 bridgehead atoms. The van der Waals surface area contributed by atoms with Crippen molar-refractivity contribution < 1.29 is 9.26 Å². The Kier molecular flexibility index (Phi) is 6.18. The summed E-state index contributed by atoms with van der Waals surface area (Å²) in [6.07, 6.45) is 1.65. The number of benzene rings is 2. The molecule has 174 valence electrons. The summed E-state index contributed by atoms with van der Waals surface area (Å²) in [5, 5.41) is 11.3. The molecule has 3 heterocycles. The predicted octanol–water partition coefficient (Wildman–Crippen LogP) is 4.05. The van der Waals surface area contributed by atoms with Crippen LogP contribution in [-0.2, 0) is 6.54 Å². The summed E-state index contributed by atoms with van der Waals surface area (Å²) in [4.78, 5) is 26.2. The van der Waals surface area contributed by atoms with E-state index in [2.05, 4.69) is 30.3 Å². The fraction of sp³-hybridized carbons (Fsp3) is 0.0833. The molecule has 0 spiro atoms. The van der Waals surface area contributed by atoms with Crippen LogP contribution in [0.2, 0.25) is 5.02 Å². The van der Waals surface area contributed by atoms with Gasteiger partial charge in [0.15, 0.2) is 5.82 Å². The monoisotopic (exact) mass is 487 g/mol. The van der Waals surface area contributed by atoms with Gasteiger partial charge in [-0.1, -0.05) is 35.0 Å². The van der Waals surface area contributed by atoms with E-state index >= 15 is 0 Å². The zero-order chi connectivity index (χ0) is 24.2. The molecule has 0 unspecified atom stereocenters. The molecule has 5 aromatic rings. The van der Waals surface area contributed by atoms with Crippen molar-refractivity contribution in [2.45, 2.75) is 13.5 Å². The van der Waals surface area contributed by atoms with Crippen LogP contribution in [0.25, 0.3) is 11.6 Å². The molecule has 0 aliphatic rings. The average Bonchev–Trinajstić information content (AvgIpc) is 3.30. The van der Waals surface area contributed by atoms with Crippen LogP contribution in [0.3, 0.4) is 0 Å². The van der Waals surface area contributed by atoms with Crippen molar-refractivity contribution in [3.8, 4) is 23.2 Å². The lowest BCUT2D eigenvalue weighted by Gasteiger charge is -2.08. The molecule has 0 radical (unpaired) electrons. The Morgan fingerprint density at radius 1 is 1.09 bits per heavy atom. The Bertz CT molecular complexity index is 1580. The summed E-state index contributed by atoms with van der Waals surface area (Å²) >= 11 is 6.01. The molecule has 1 N–H and O–H groups in total. The Hall–Kier alpha value is -4.57. The molecule has 0 saturated heterocycles. The van der Waals surface area contributed by atoms with Crippen molar-refractivity contribution in [2.75, 3.05) is 0 Å². The second-order valence-corrected chi connectivity index (χ2v) is 7.87. The average molecular weight is 488 g/mol. The number of aromatic amines is 1. The fourth-order valence-corrected chi connectivity index (χ4v) is 3.34. The number of hydrogen-bond acceptors (Lipinski definition) is 8. The van der Waals surface area contributed by atoms with Gasteiger partial charge in [-0.05, 0) is 55.0 Å². The molecular formula is C24H18ClN7O3. The largest absolute Gasteiger partial charge is 0.439 e. The molecule has 5 rings (SSSR count). The van der Waals surface area contributed by atoms with Gasteiger partial charge in [0, 0.05) is 17.3 Å². The second kappa shape index (κ2) is 9.74. The van der Waals surface area contributed by atoms with Crippen molar-refractivity contribution in [2.24, 2.45) is 4.99 Å². The summed E-state index contributed by atoms with van der Waals surface area (Å²) in [5.41, 5.74) is 1.23. The minimum absolute atomic E-state index is 0.00220. The van der Waals surface area contributed by atoms with E-state index in [9.17, 15) is 4.79 Å². The molecule has 10 nitrogen and oxygen atoms in total. The van der Waals surface area contributed by atoms with Gasteiger partial charge in [0.1, 0.15) is 5.75 Å². The minimum atomic E-state index is -0.434. The number of aryl methyl sites for hydroxylation is 1. The number of halogens is 1. The van der Waals surface area contributed by atoms with Crippen molar-refractivity contribution in [3.63, 3.8) is 0 Å². The first kappa shape index (κ1) is 22.2. The maximum Gasteiger partial charge on any atom is 0.287 e. The number of nitrogens with zero attached hydrogens (tertiary/aromatic N) is 6. The summed E-state index contributed by atoms with van der Waals surface area (Å²) in [5.74, 6) is 1.51. The number of ether oxygens (including phenoxy) is 1. The van der Waals surface area contributed by atoms with E-state index in [1.807, 2.05) is 24.3 Å². The first-order valence-electron chi connectivity index (χ1n) is 10.5. The van der Waals surface area contributed by atoms with Crippen LogP contribution in [0.15, 0.2) is 87.2 Å². The summed E-state index contributed by atoms with van der Waals surface area (Å²) in [6, 6.07) is 19.6. The van der Waals surface area contributed by atoms with E-state index in [-0.39, 0.29) is 23.7 Å². The molecule has 35 heavy (non-hydrogen) atoms. The highest BCUT2D eigenvalue weighted by molar-refractivity contribution is 6.30. The van der Waals surface area contributed by atoms with Crippen molar-refractivity contribution in [1.29, 1.82) is 0 Å². The SMILES string of the molecule is Cc1noc(-c2n[nH]/c(=N\c3ccc(Oc4ccccn4)cc3)n(Cc3ccc(Cl)cc3)c2=O)n1. The number of hydrogen-bond donors (Lipinski definition) is 1. The molecule has 3 aromatic heterocycles. The van der Waals surface area contributed by atoms with Gasteiger partial charge in [-0.15, -0.1) is 0 Å². The number of rotatable bonds is 6. The van der Waals surface area contributed by atoms with Gasteiger partial charge >= 0.3 is 0 Å². The molecule has 0 saturated carbocycles. The van der Waals surface area contributed by atoms with Crippen molar-refractivity contribution in [3.05, 3.63) is 105 Å². The number of nitrogens with one attached hydrogen (secondary N) is 1. The van der Waals surface area contributed by atoms with E-state index < -0.39 is 5.56 Å². The Morgan fingerprint density at radius 3 is 2.57 bits per heavy atom. The molecule has 0 amide bonds. The zero-order valence-electron chi connectivity index (χ0n) is 18.4. The molecule has 0 fully saturated rings. The van der Waals surface area contributed by atoms with Crippen molar-refractivity contribution >= 4 is 17.3 Å². The third kappa shape index (κ3) is 5.17. The van der Waals surface area contributed by atoms with E-state index in [0.29, 0.717) is 28.2 Å². The summed E-state index contributed by atoms with van der Waals surface area (Å²) in [6.45, 7) is 1.88. The van der Waals surface area contributed by atoms with Crippen LogP contribution in [0.1, 0.15) is 11.4 Å². The molecule has 2 aromatic carbocycles. The predicted molar refractivity (Wildman–Crippen MR) is 127 cm³/mol. The molecule has 0 atom stereocenters. The topological polar surface area (TPSA) is 124 Å². The van der Waals surface area contributed by atoms with Gasteiger partial charge in [-0.3, -0.25) is 9.36 Å². The first-order valence-corrected chi connectivity index (χ1v) is 10.9. The van der Waals surface area contributed by atoms with Crippen molar-refractivity contribution in [1.82, 2.24) is 29.9 Å². The van der Waals surface area contributed by atoms with Gasteiger partial charge < -0.3 is 9.26 Å². The van der Waals surface area contributed by atoms with E-state index in [0.717, 1.165) is 5.56 Å². The van der Waals surface area contributed by atoms with Gasteiger partial charge in [0.2, 0.25) is 17.2 Å². The fourth-order valence-electron chi connectivity index (χ4n) is 3.21. The number of aromatic nitrogens is 6. The Balaban J connectivity index is 1.53. The minimum Gasteiger partial charge on any atom is -0.439 e. The maximum atomic E-state index is 13.4. The smallest absolute Gasteiger partial charge is 0.287 e. The third-order valence-electron chi connectivity index (χ3n) is 4.89. The molecule has 0 aliphatic heterocycles. The van der Waals surface area contributed by atoms with Gasteiger partial charge in [-0.25, -0.2) is 15.1 Å². The van der Waals surface area contributed by atoms with E-state index in [4.69, 9.17) is 20.9 Å². The van der Waals surface area contributed by atoms with Crippen LogP contribution < -0.4 is 15.9 Å². The number of pyridine rings is 1. The maximum absolute atomic E-state index is 13.4. The Labute approximate surface area is 203 Å². The quantitative estimate of drug-likeness (QED) is 0.383. The standard InChI is InChI=1S/C24H18ClN7O3/c1-15-27-22(35-31-15)21-23(33)32(14-16-5-7-17(25)8-6-16)24(30-29-21)28-18-9-11-19(12-10-18)34-20-4-2-3-13-26-20/h2-13H,14H2,1H3,(H,28,30). The summed E-state index contributed by atoms with van der Waals surface area (Å²) in [7, 11) is 0. The highest BCUT2D eigenvalue weighted by Crippen LogP contribution is 2.22. The highest BCUT2D eigenvalue weighted by Gasteiger charge is 2.16. The first-order chi connectivity index (χ1) is 17.0. The number of H-pyrrole nitrogens is 1. The van der Waals surface area contributed by atoms with Crippen LogP contribution in [0.5, 0.6) is 11.6 Å². The van der Waals surface area contributed by atoms with Crippen LogP contribution in [-0.4, -0.2) is 29.9 Å². The Morgan fingerprint density at radius 2 is 1.89 bits per heavy atom. The summed E-state index contributed by atoms with van der Waals surface area (Å²) < 4.78 is 12.3.